The highest BCUT2D eigenvalue weighted by Crippen LogP contribution is 2.39. The molecular formula is C16H19N2OS+. The third-order valence-electron chi connectivity index (χ3n) is 3.71. The van der Waals surface area contributed by atoms with E-state index in [1.807, 2.05) is 25.1 Å². The number of aryl methyl sites for hydroxylation is 2. The van der Waals surface area contributed by atoms with Gasteiger partial charge < -0.3 is 5.11 Å². The number of benzene rings is 2. The van der Waals surface area contributed by atoms with Gasteiger partial charge in [-0.3, -0.25) is 5.32 Å². The summed E-state index contributed by atoms with van der Waals surface area (Å²) in [5.41, 5.74) is 2.19. The molecule has 0 aliphatic rings. The second-order valence-electron chi connectivity index (χ2n) is 4.88. The molecule has 3 nitrogen and oxygen atoms in total. The van der Waals surface area contributed by atoms with Crippen molar-refractivity contribution >= 4 is 37.5 Å². The third-order valence-corrected chi connectivity index (χ3v) is 4.97. The highest BCUT2D eigenvalue weighted by atomic mass is 32.1. The minimum Gasteiger partial charge on any atom is -0.507 e. The van der Waals surface area contributed by atoms with Crippen LogP contribution >= 0.6 is 11.3 Å². The molecule has 0 radical (unpaired) electrons. The average molecular weight is 287 g/mol. The lowest BCUT2D eigenvalue weighted by Crippen LogP contribution is -2.34. The number of anilines is 1. The van der Waals surface area contributed by atoms with Crippen molar-refractivity contribution in [3.05, 3.63) is 29.8 Å². The first-order chi connectivity index (χ1) is 9.69. The van der Waals surface area contributed by atoms with Crippen LogP contribution in [-0.4, -0.2) is 11.7 Å². The van der Waals surface area contributed by atoms with E-state index in [9.17, 15) is 5.11 Å². The van der Waals surface area contributed by atoms with Gasteiger partial charge in [-0.25, -0.2) is 4.57 Å². The van der Waals surface area contributed by atoms with Crippen LogP contribution in [0.2, 0.25) is 0 Å². The number of aromatic nitrogens is 1. The minimum atomic E-state index is 0.403. The van der Waals surface area contributed by atoms with Crippen LogP contribution in [0.1, 0.15) is 19.4 Å². The van der Waals surface area contributed by atoms with E-state index in [1.54, 1.807) is 11.3 Å². The first kappa shape index (κ1) is 13.2. The number of nitrogens with zero attached hydrogens (tertiary/aromatic N) is 1. The van der Waals surface area contributed by atoms with Crippen LogP contribution in [0.3, 0.4) is 0 Å². The van der Waals surface area contributed by atoms with Gasteiger partial charge in [0.25, 0.3) is 0 Å². The first-order valence-corrected chi connectivity index (χ1v) is 7.81. The molecule has 1 heterocycles. The lowest BCUT2D eigenvalue weighted by atomic mass is 10.0. The molecule has 3 aromatic rings. The van der Waals surface area contributed by atoms with Crippen LogP contribution in [0.5, 0.6) is 5.75 Å². The normalized spacial score (nSPS) is 11.3. The maximum atomic E-state index is 10.4. The van der Waals surface area contributed by atoms with Gasteiger partial charge in [0.1, 0.15) is 5.75 Å². The van der Waals surface area contributed by atoms with Crippen LogP contribution in [-0.2, 0) is 6.54 Å². The Labute approximate surface area is 122 Å². The quantitative estimate of drug-likeness (QED) is 0.719. The fraction of sp³-hybridized carbons (Fsp3) is 0.312. The number of hydrogen-bond acceptors (Lipinski definition) is 3. The maximum absolute atomic E-state index is 10.4. The molecule has 20 heavy (non-hydrogen) atoms. The van der Waals surface area contributed by atoms with E-state index in [4.69, 9.17) is 0 Å². The molecule has 1 aromatic heterocycles. The molecule has 2 N–H and O–H groups in total. The zero-order valence-electron chi connectivity index (χ0n) is 12.0. The number of hydrogen-bond donors (Lipinski definition) is 2. The highest BCUT2D eigenvalue weighted by Gasteiger charge is 2.22. The lowest BCUT2D eigenvalue weighted by Gasteiger charge is -2.06. The van der Waals surface area contributed by atoms with Gasteiger partial charge in [0, 0.05) is 16.3 Å². The lowest BCUT2D eigenvalue weighted by molar-refractivity contribution is -0.649. The second-order valence-corrected chi connectivity index (χ2v) is 5.88. The van der Waals surface area contributed by atoms with Gasteiger partial charge in [-0.1, -0.05) is 18.2 Å². The molecule has 3 rings (SSSR count). The number of phenolic OH excluding ortho intramolecular Hbond substituents is 1. The molecule has 0 aliphatic carbocycles. The van der Waals surface area contributed by atoms with Crippen molar-refractivity contribution in [3.8, 4) is 5.75 Å². The summed E-state index contributed by atoms with van der Waals surface area (Å²) in [7, 11) is 0. The minimum absolute atomic E-state index is 0.403. The van der Waals surface area contributed by atoms with Crippen LogP contribution in [0, 0.1) is 6.92 Å². The topological polar surface area (TPSA) is 36.1 Å². The Morgan fingerprint density at radius 3 is 2.55 bits per heavy atom. The zero-order chi connectivity index (χ0) is 14.3. The smallest absolute Gasteiger partial charge is 0.334 e. The Hall–Kier alpha value is -1.81. The van der Waals surface area contributed by atoms with Crippen molar-refractivity contribution in [1.82, 2.24) is 0 Å². The summed E-state index contributed by atoms with van der Waals surface area (Å²) in [6, 6.07) is 8.08. The van der Waals surface area contributed by atoms with E-state index in [1.165, 1.54) is 10.2 Å². The van der Waals surface area contributed by atoms with Crippen LogP contribution < -0.4 is 9.88 Å². The largest absolute Gasteiger partial charge is 0.507 e. The van der Waals surface area contributed by atoms with Crippen LogP contribution in [0.15, 0.2) is 24.3 Å². The van der Waals surface area contributed by atoms with E-state index in [0.29, 0.717) is 5.75 Å². The Kier molecular flexibility index (Phi) is 3.26. The van der Waals surface area contributed by atoms with Crippen molar-refractivity contribution in [1.29, 1.82) is 0 Å². The second kappa shape index (κ2) is 4.94. The van der Waals surface area contributed by atoms with Gasteiger partial charge in [0.15, 0.2) is 5.52 Å². The number of fused-ring (bicyclic) bond motifs is 3. The molecule has 0 saturated heterocycles. The van der Waals surface area contributed by atoms with Crippen molar-refractivity contribution in [2.45, 2.75) is 27.3 Å². The summed E-state index contributed by atoms with van der Waals surface area (Å²) in [6.45, 7) is 8.07. The molecular weight excluding hydrogens is 268 g/mol. The molecule has 0 bridgehead atoms. The number of aromatic hydroxyl groups is 1. The van der Waals surface area contributed by atoms with Gasteiger partial charge in [0.05, 0.1) is 17.8 Å². The predicted molar refractivity (Wildman–Crippen MR) is 85.8 cm³/mol. The Balaban J connectivity index is 2.52. The fourth-order valence-corrected chi connectivity index (χ4v) is 4.04. The Morgan fingerprint density at radius 1 is 1.20 bits per heavy atom. The first-order valence-electron chi connectivity index (χ1n) is 6.99. The summed E-state index contributed by atoms with van der Waals surface area (Å²) >= 11 is 1.72. The van der Waals surface area contributed by atoms with E-state index in [2.05, 4.69) is 29.8 Å². The van der Waals surface area contributed by atoms with Crippen molar-refractivity contribution in [2.24, 2.45) is 0 Å². The molecule has 2 aromatic carbocycles. The molecule has 0 amide bonds. The molecule has 0 atom stereocenters. The van der Waals surface area contributed by atoms with E-state index >= 15 is 0 Å². The number of nitrogens with one attached hydrogen (secondary N) is 1. The molecule has 0 fully saturated rings. The van der Waals surface area contributed by atoms with Crippen molar-refractivity contribution in [3.63, 3.8) is 0 Å². The fourth-order valence-electron chi connectivity index (χ4n) is 2.74. The summed E-state index contributed by atoms with van der Waals surface area (Å²) < 4.78 is 3.47. The summed E-state index contributed by atoms with van der Waals surface area (Å²) in [5.74, 6) is 0.403. The third kappa shape index (κ3) is 1.75. The molecule has 4 heteroatoms. The van der Waals surface area contributed by atoms with Gasteiger partial charge in [-0.15, -0.1) is 0 Å². The van der Waals surface area contributed by atoms with Gasteiger partial charge in [0.2, 0.25) is 0 Å². The number of phenols is 1. The van der Waals surface area contributed by atoms with E-state index < -0.39 is 0 Å². The predicted octanol–water partition coefficient (Wildman–Crippen LogP) is 3.81. The zero-order valence-corrected chi connectivity index (χ0v) is 12.8. The number of thiazole rings is 1. The van der Waals surface area contributed by atoms with Gasteiger partial charge in [-0.2, -0.15) is 0 Å². The summed E-state index contributed by atoms with van der Waals surface area (Å²) in [5, 5.41) is 17.1. The SMILES string of the molecule is CCNc1sc2c(C)c(O)c3ccccc3c2[n+]1CC. The van der Waals surface area contributed by atoms with Crippen molar-refractivity contribution in [2.75, 3.05) is 11.9 Å². The van der Waals surface area contributed by atoms with E-state index in [0.717, 1.165) is 34.6 Å². The monoisotopic (exact) mass is 287 g/mol. The number of rotatable bonds is 3. The molecule has 0 saturated carbocycles. The van der Waals surface area contributed by atoms with Crippen LogP contribution in [0.25, 0.3) is 21.0 Å². The standard InChI is InChI=1S/C16H18N2OS/c1-4-17-16-18(5-2)13-11-8-6-7-9-12(11)14(19)10(3)15(13)20-16/h6-9,19H,4-5H2,1-3H3/p+1. The average Bonchev–Trinajstić information content (AvgIpc) is 2.84. The molecule has 0 aliphatic heterocycles. The summed E-state index contributed by atoms with van der Waals surface area (Å²) in [4.78, 5) is 0. The van der Waals surface area contributed by atoms with Crippen molar-refractivity contribution < 1.29 is 9.67 Å². The van der Waals surface area contributed by atoms with Gasteiger partial charge >= 0.3 is 5.13 Å². The summed E-state index contributed by atoms with van der Waals surface area (Å²) in [6.07, 6.45) is 0. The maximum Gasteiger partial charge on any atom is 0.334 e. The Bertz CT molecular complexity index is 792. The van der Waals surface area contributed by atoms with Gasteiger partial charge in [-0.05, 0) is 38.2 Å². The highest BCUT2D eigenvalue weighted by molar-refractivity contribution is 7.22. The molecule has 0 spiro atoms. The van der Waals surface area contributed by atoms with Crippen LogP contribution in [0.4, 0.5) is 5.13 Å². The Morgan fingerprint density at radius 2 is 1.90 bits per heavy atom. The molecule has 0 unspecified atom stereocenters. The van der Waals surface area contributed by atoms with E-state index in [-0.39, 0.29) is 0 Å². The molecule has 104 valence electrons.